The molecule has 1 aliphatic rings. The van der Waals surface area contributed by atoms with E-state index in [2.05, 4.69) is 10.3 Å². The van der Waals surface area contributed by atoms with E-state index in [9.17, 15) is 4.79 Å². The second kappa shape index (κ2) is 6.31. The van der Waals surface area contributed by atoms with Crippen molar-refractivity contribution in [2.75, 3.05) is 7.05 Å². The first-order chi connectivity index (χ1) is 9.61. The molecule has 5 heteroatoms. The summed E-state index contributed by atoms with van der Waals surface area (Å²) in [4.78, 5) is 16.4. The summed E-state index contributed by atoms with van der Waals surface area (Å²) in [5, 5.41) is 3.09. The summed E-state index contributed by atoms with van der Waals surface area (Å²) in [5.41, 5.74) is 0.563. The molecule has 1 heterocycles. The number of carbonyl (C=O) groups is 1. The number of hydrogen-bond donors (Lipinski definition) is 1. The van der Waals surface area contributed by atoms with Gasteiger partial charge in [0.05, 0.1) is 10.4 Å². The fourth-order valence-electron chi connectivity index (χ4n) is 3.07. The average molecular weight is 292 g/mol. The second-order valence-electron chi connectivity index (χ2n) is 5.14. The predicted octanol–water partition coefficient (Wildman–Crippen LogP) is 2.37. The van der Waals surface area contributed by atoms with E-state index < -0.39 is 5.41 Å². The highest BCUT2D eigenvalue weighted by Crippen LogP contribution is 2.42. The van der Waals surface area contributed by atoms with Gasteiger partial charge < -0.3 is 10.1 Å². The third-order valence-corrected chi connectivity index (χ3v) is 4.52. The Morgan fingerprint density at radius 2 is 2.35 bits per heavy atom. The predicted molar refractivity (Wildman–Crippen MR) is 81.6 cm³/mol. The van der Waals surface area contributed by atoms with Crippen LogP contribution in [0.4, 0.5) is 0 Å². The quantitative estimate of drug-likeness (QED) is 0.685. The summed E-state index contributed by atoms with van der Waals surface area (Å²) in [7, 11) is 1.82. The molecule has 0 bridgehead atoms. The lowest BCUT2D eigenvalue weighted by Gasteiger charge is -2.43. The maximum absolute atomic E-state index is 11.4. The minimum Gasteiger partial charge on any atom is -0.461 e. The van der Waals surface area contributed by atoms with Crippen LogP contribution in [0.2, 0.25) is 0 Å². The van der Waals surface area contributed by atoms with Crippen LogP contribution in [0.3, 0.4) is 0 Å². The molecule has 0 unspecified atom stereocenters. The molecule has 2 atom stereocenters. The Balaban J connectivity index is 2.48. The lowest BCUT2D eigenvalue weighted by molar-refractivity contribution is -0.150. The van der Waals surface area contributed by atoms with E-state index >= 15 is 0 Å². The van der Waals surface area contributed by atoms with Crippen LogP contribution < -0.4 is 5.32 Å². The third-order valence-electron chi connectivity index (χ3n) is 3.95. The van der Waals surface area contributed by atoms with Crippen molar-refractivity contribution in [2.24, 2.45) is 0 Å². The van der Waals surface area contributed by atoms with Crippen LogP contribution >= 0.6 is 12.2 Å². The highest BCUT2D eigenvalue weighted by atomic mass is 32.1. The highest BCUT2D eigenvalue weighted by molar-refractivity contribution is 7.80. The molecule has 4 nitrogen and oxygen atoms in total. The molecule has 0 saturated heterocycles. The number of thiocarbonyl (C=S) groups is 1. The van der Waals surface area contributed by atoms with E-state index in [0.717, 1.165) is 36.2 Å². The van der Waals surface area contributed by atoms with Crippen LogP contribution in [0, 0.1) is 0 Å². The van der Waals surface area contributed by atoms with Gasteiger partial charge in [-0.2, -0.15) is 0 Å². The largest absolute Gasteiger partial charge is 0.461 e. The average Bonchev–Trinajstić information content (AvgIpc) is 2.47. The van der Waals surface area contributed by atoms with Gasteiger partial charge >= 0.3 is 5.97 Å². The second-order valence-corrected chi connectivity index (χ2v) is 5.54. The first-order valence-corrected chi connectivity index (χ1v) is 7.32. The molecule has 1 N–H and O–H groups in total. The van der Waals surface area contributed by atoms with Crippen molar-refractivity contribution in [3.05, 3.63) is 30.1 Å². The van der Waals surface area contributed by atoms with Gasteiger partial charge in [-0.25, -0.2) is 0 Å². The molecule has 0 radical (unpaired) electrons. The van der Waals surface area contributed by atoms with Gasteiger partial charge in [0.2, 0.25) is 0 Å². The molecule has 1 aromatic heterocycles. The fraction of sp³-hybridized carbons (Fsp3) is 0.533. The van der Waals surface area contributed by atoms with E-state index in [1.165, 1.54) is 6.92 Å². The van der Waals surface area contributed by atoms with Crippen LogP contribution in [0.5, 0.6) is 0 Å². The summed E-state index contributed by atoms with van der Waals surface area (Å²) in [6.07, 6.45) is 7.15. The lowest BCUT2D eigenvalue weighted by atomic mass is 9.67. The SMILES string of the molecule is CNC(=S)[C@]1(c2cccnc2)CCCC[C@H]1OC(C)=O. The Kier molecular flexibility index (Phi) is 4.70. The molecule has 1 fully saturated rings. The van der Waals surface area contributed by atoms with Gasteiger partial charge in [-0.1, -0.05) is 24.7 Å². The van der Waals surface area contributed by atoms with Crippen molar-refractivity contribution in [1.82, 2.24) is 10.3 Å². The standard InChI is InChI=1S/C15H20N2O2S/c1-11(18)19-13-7-3-4-8-15(13,14(20)16-2)12-6-5-9-17-10-12/h5-6,9-10,13H,3-4,7-8H2,1-2H3,(H,16,20)/t13-,15+/m1/s1. The van der Waals surface area contributed by atoms with Crippen LogP contribution in [-0.2, 0) is 14.9 Å². The molecule has 0 aromatic carbocycles. The number of ether oxygens (including phenoxy) is 1. The van der Waals surface area contributed by atoms with Gasteiger partial charge in [0.15, 0.2) is 0 Å². The van der Waals surface area contributed by atoms with Gasteiger partial charge in [-0.15, -0.1) is 0 Å². The van der Waals surface area contributed by atoms with Gasteiger partial charge in [0, 0.05) is 26.4 Å². The van der Waals surface area contributed by atoms with Crippen molar-refractivity contribution in [1.29, 1.82) is 0 Å². The number of likely N-dealkylation sites (N-methyl/N-ethyl adjacent to an activating group) is 1. The zero-order valence-electron chi connectivity index (χ0n) is 11.9. The number of nitrogens with one attached hydrogen (secondary N) is 1. The van der Waals surface area contributed by atoms with E-state index in [1.54, 1.807) is 6.20 Å². The number of rotatable bonds is 3. The van der Waals surface area contributed by atoms with Crippen molar-refractivity contribution in [3.8, 4) is 0 Å². The van der Waals surface area contributed by atoms with Crippen molar-refractivity contribution in [2.45, 2.75) is 44.1 Å². The Morgan fingerprint density at radius 1 is 1.55 bits per heavy atom. The summed E-state index contributed by atoms with van der Waals surface area (Å²) < 4.78 is 5.59. The summed E-state index contributed by atoms with van der Waals surface area (Å²) in [5.74, 6) is -0.260. The topological polar surface area (TPSA) is 51.2 Å². The number of aromatic nitrogens is 1. The minimum absolute atomic E-state index is 0.224. The number of hydrogen-bond acceptors (Lipinski definition) is 4. The molecule has 1 aliphatic carbocycles. The van der Waals surface area contributed by atoms with Crippen LogP contribution in [0.15, 0.2) is 24.5 Å². The molecular weight excluding hydrogens is 272 g/mol. The number of pyridine rings is 1. The number of esters is 1. The molecule has 0 spiro atoms. The zero-order valence-corrected chi connectivity index (χ0v) is 12.7. The monoisotopic (exact) mass is 292 g/mol. The fourth-order valence-corrected chi connectivity index (χ4v) is 3.42. The normalized spacial score (nSPS) is 25.8. The minimum atomic E-state index is -0.456. The van der Waals surface area contributed by atoms with Gasteiger partial charge in [-0.3, -0.25) is 9.78 Å². The Morgan fingerprint density at radius 3 is 2.95 bits per heavy atom. The number of carbonyl (C=O) groups excluding carboxylic acids is 1. The first kappa shape index (κ1) is 14.9. The van der Waals surface area contributed by atoms with Gasteiger partial charge in [0.1, 0.15) is 6.10 Å². The molecular formula is C15H20N2O2S. The third kappa shape index (κ3) is 2.68. The smallest absolute Gasteiger partial charge is 0.302 e. The summed E-state index contributed by atoms with van der Waals surface area (Å²) in [6, 6.07) is 3.91. The van der Waals surface area contributed by atoms with Crippen molar-refractivity contribution in [3.63, 3.8) is 0 Å². The van der Waals surface area contributed by atoms with E-state index in [4.69, 9.17) is 17.0 Å². The molecule has 0 amide bonds. The van der Waals surface area contributed by atoms with Crippen molar-refractivity contribution < 1.29 is 9.53 Å². The summed E-state index contributed by atoms with van der Waals surface area (Å²) >= 11 is 5.57. The molecule has 20 heavy (non-hydrogen) atoms. The van der Waals surface area contributed by atoms with Crippen LogP contribution in [0.25, 0.3) is 0 Å². The molecule has 1 aromatic rings. The first-order valence-electron chi connectivity index (χ1n) is 6.91. The van der Waals surface area contributed by atoms with Gasteiger partial charge in [0.25, 0.3) is 0 Å². The van der Waals surface area contributed by atoms with Crippen molar-refractivity contribution >= 4 is 23.2 Å². The number of nitrogens with zero attached hydrogens (tertiary/aromatic N) is 1. The van der Waals surface area contributed by atoms with Gasteiger partial charge in [-0.05, 0) is 30.9 Å². The van der Waals surface area contributed by atoms with E-state index in [1.807, 2.05) is 25.4 Å². The lowest BCUT2D eigenvalue weighted by Crippen LogP contribution is -2.53. The molecule has 108 valence electrons. The summed E-state index contributed by atoms with van der Waals surface area (Å²) in [6.45, 7) is 1.45. The Bertz CT molecular complexity index is 492. The van der Waals surface area contributed by atoms with Crippen LogP contribution in [-0.4, -0.2) is 29.1 Å². The van der Waals surface area contributed by atoms with E-state index in [-0.39, 0.29) is 12.1 Å². The maximum Gasteiger partial charge on any atom is 0.302 e. The van der Waals surface area contributed by atoms with E-state index in [0.29, 0.717) is 0 Å². The molecule has 1 saturated carbocycles. The highest BCUT2D eigenvalue weighted by Gasteiger charge is 2.47. The molecule has 0 aliphatic heterocycles. The van der Waals surface area contributed by atoms with Crippen LogP contribution in [0.1, 0.15) is 38.2 Å². The maximum atomic E-state index is 11.4. The zero-order chi connectivity index (χ0) is 14.6. The Labute approximate surface area is 124 Å². The molecule has 2 rings (SSSR count). The Hall–Kier alpha value is -1.49.